The fourth-order valence-corrected chi connectivity index (χ4v) is 2.27. The van der Waals surface area contributed by atoms with Crippen LogP contribution < -0.4 is 19.7 Å². The van der Waals surface area contributed by atoms with Gasteiger partial charge in [-0.1, -0.05) is 18.2 Å². The fourth-order valence-electron chi connectivity index (χ4n) is 2.27. The molecule has 0 unspecified atom stereocenters. The highest BCUT2D eigenvalue weighted by atomic mass is 16.5. The normalized spacial score (nSPS) is 10.1. The molecule has 0 heterocycles. The number of anilines is 1. The first-order valence-electron chi connectivity index (χ1n) is 8.20. The molecule has 0 aliphatic rings. The lowest BCUT2D eigenvalue weighted by Gasteiger charge is -2.21. The lowest BCUT2D eigenvalue weighted by atomic mass is 10.3. The molecule has 5 nitrogen and oxygen atoms in total. The molecule has 0 fully saturated rings. The molecule has 24 heavy (non-hydrogen) atoms. The maximum atomic E-state index is 12.2. The summed E-state index contributed by atoms with van der Waals surface area (Å²) in [6.45, 7) is 5.99. The third-order valence-corrected chi connectivity index (χ3v) is 3.41. The molecule has 2 aromatic carbocycles. The van der Waals surface area contributed by atoms with Gasteiger partial charge in [-0.05, 0) is 50.2 Å². The third kappa shape index (κ3) is 5.19. The Kier molecular flexibility index (Phi) is 6.95. The lowest BCUT2D eigenvalue weighted by Crippen LogP contribution is -2.41. The second-order valence-corrected chi connectivity index (χ2v) is 5.06. The Morgan fingerprint density at radius 2 is 1.58 bits per heavy atom. The molecule has 0 aliphatic carbocycles. The van der Waals surface area contributed by atoms with Gasteiger partial charge in [0.1, 0.15) is 18.1 Å². The van der Waals surface area contributed by atoms with Crippen molar-refractivity contribution in [1.29, 1.82) is 0 Å². The van der Waals surface area contributed by atoms with Gasteiger partial charge in [0.25, 0.3) is 0 Å². The molecule has 128 valence electrons. The number of carbonyl (C=O) groups excluding carboxylic acids is 1. The Morgan fingerprint density at radius 1 is 0.958 bits per heavy atom. The molecule has 0 spiro atoms. The van der Waals surface area contributed by atoms with Crippen LogP contribution in [0.5, 0.6) is 11.5 Å². The van der Waals surface area contributed by atoms with Gasteiger partial charge < -0.3 is 14.8 Å². The SMILES string of the molecule is CCOc1ccc(OCCNC(=O)N(CC)c2ccccc2)cc1. The van der Waals surface area contributed by atoms with E-state index in [9.17, 15) is 4.79 Å². The average molecular weight is 328 g/mol. The number of para-hydroxylation sites is 1. The first-order valence-corrected chi connectivity index (χ1v) is 8.20. The monoisotopic (exact) mass is 328 g/mol. The average Bonchev–Trinajstić information content (AvgIpc) is 2.62. The molecule has 1 N–H and O–H groups in total. The van der Waals surface area contributed by atoms with E-state index in [0.717, 1.165) is 17.2 Å². The van der Waals surface area contributed by atoms with E-state index in [1.165, 1.54) is 0 Å². The summed E-state index contributed by atoms with van der Waals surface area (Å²) in [7, 11) is 0. The number of hydrogen-bond acceptors (Lipinski definition) is 3. The van der Waals surface area contributed by atoms with Crippen molar-refractivity contribution in [2.24, 2.45) is 0 Å². The van der Waals surface area contributed by atoms with E-state index in [4.69, 9.17) is 9.47 Å². The first-order chi connectivity index (χ1) is 11.7. The van der Waals surface area contributed by atoms with Gasteiger partial charge in [-0.3, -0.25) is 4.90 Å². The highest BCUT2D eigenvalue weighted by Crippen LogP contribution is 2.17. The summed E-state index contributed by atoms with van der Waals surface area (Å²) in [5.41, 5.74) is 0.880. The summed E-state index contributed by atoms with van der Waals surface area (Å²) in [6, 6.07) is 16.9. The minimum Gasteiger partial charge on any atom is -0.494 e. The van der Waals surface area contributed by atoms with E-state index in [-0.39, 0.29) is 6.03 Å². The van der Waals surface area contributed by atoms with Crippen molar-refractivity contribution in [2.45, 2.75) is 13.8 Å². The zero-order chi connectivity index (χ0) is 17.2. The van der Waals surface area contributed by atoms with Crippen molar-refractivity contribution in [3.63, 3.8) is 0 Å². The van der Waals surface area contributed by atoms with Gasteiger partial charge >= 0.3 is 6.03 Å². The Morgan fingerprint density at radius 3 is 2.17 bits per heavy atom. The standard InChI is InChI=1S/C19H24N2O3/c1-3-21(16-8-6-5-7-9-16)19(22)20-14-15-24-18-12-10-17(11-13-18)23-4-2/h5-13H,3-4,14-15H2,1-2H3,(H,20,22). The number of nitrogens with one attached hydrogen (secondary N) is 1. The quantitative estimate of drug-likeness (QED) is 0.752. The highest BCUT2D eigenvalue weighted by molar-refractivity contribution is 5.91. The number of urea groups is 1. The van der Waals surface area contributed by atoms with E-state index < -0.39 is 0 Å². The van der Waals surface area contributed by atoms with Crippen molar-refractivity contribution in [3.8, 4) is 11.5 Å². The highest BCUT2D eigenvalue weighted by Gasteiger charge is 2.12. The van der Waals surface area contributed by atoms with Crippen LogP contribution in [0.4, 0.5) is 10.5 Å². The van der Waals surface area contributed by atoms with Gasteiger partial charge in [-0.15, -0.1) is 0 Å². The van der Waals surface area contributed by atoms with E-state index >= 15 is 0 Å². The van der Waals surface area contributed by atoms with Gasteiger partial charge in [0.05, 0.1) is 13.2 Å². The maximum Gasteiger partial charge on any atom is 0.321 e. The van der Waals surface area contributed by atoms with Crippen molar-refractivity contribution < 1.29 is 14.3 Å². The Bertz CT molecular complexity index is 614. The smallest absolute Gasteiger partial charge is 0.321 e. The van der Waals surface area contributed by atoms with Gasteiger partial charge in [-0.2, -0.15) is 0 Å². The minimum absolute atomic E-state index is 0.126. The largest absolute Gasteiger partial charge is 0.494 e. The summed E-state index contributed by atoms with van der Waals surface area (Å²) >= 11 is 0. The number of benzene rings is 2. The molecule has 0 bridgehead atoms. The van der Waals surface area contributed by atoms with Crippen LogP contribution in [0.15, 0.2) is 54.6 Å². The van der Waals surface area contributed by atoms with Crippen molar-refractivity contribution in [1.82, 2.24) is 5.32 Å². The molecule has 0 atom stereocenters. The number of amides is 2. The molecule has 0 aromatic heterocycles. The summed E-state index contributed by atoms with van der Waals surface area (Å²) < 4.78 is 11.0. The van der Waals surface area contributed by atoms with Gasteiger partial charge in [0.15, 0.2) is 0 Å². The molecule has 0 saturated carbocycles. The summed E-state index contributed by atoms with van der Waals surface area (Å²) in [4.78, 5) is 13.9. The second kappa shape index (κ2) is 9.45. The number of ether oxygens (including phenoxy) is 2. The molecule has 0 saturated heterocycles. The number of rotatable bonds is 8. The Labute approximate surface area is 143 Å². The molecule has 2 aromatic rings. The molecular weight excluding hydrogens is 304 g/mol. The zero-order valence-electron chi connectivity index (χ0n) is 14.2. The van der Waals surface area contributed by atoms with Crippen LogP contribution in [-0.2, 0) is 0 Å². The molecule has 5 heteroatoms. The first kappa shape index (κ1) is 17.7. The zero-order valence-corrected chi connectivity index (χ0v) is 14.2. The number of carbonyl (C=O) groups is 1. The second-order valence-electron chi connectivity index (χ2n) is 5.06. The molecule has 2 amide bonds. The van der Waals surface area contributed by atoms with Crippen molar-refractivity contribution in [2.75, 3.05) is 31.2 Å². The Balaban J connectivity index is 1.75. The minimum atomic E-state index is -0.126. The topological polar surface area (TPSA) is 50.8 Å². The predicted molar refractivity (Wildman–Crippen MR) is 96.0 cm³/mol. The van der Waals surface area contributed by atoms with Gasteiger partial charge in [-0.25, -0.2) is 4.79 Å². The van der Waals surface area contributed by atoms with E-state index in [1.807, 2.05) is 68.4 Å². The number of hydrogen-bond donors (Lipinski definition) is 1. The van der Waals surface area contributed by atoms with Crippen molar-refractivity contribution in [3.05, 3.63) is 54.6 Å². The maximum absolute atomic E-state index is 12.2. The Hall–Kier alpha value is -2.69. The van der Waals surface area contributed by atoms with Crippen LogP contribution in [0.1, 0.15) is 13.8 Å². The van der Waals surface area contributed by atoms with Crippen LogP contribution in [0, 0.1) is 0 Å². The predicted octanol–water partition coefficient (Wildman–Crippen LogP) is 3.70. The van der Waals surface area contributed by atoms with Crippen LogP contribution in [0.25, 0.3) is 0 Å². The molecule has 0 aliphatic heterocycles. The lowest BCUT2D eigenvalue weighted by molar-refractivity contribution is 0.242. The summed E-state index contributed by atoms with van der Waals surface area (Å²) in [6.07, 6.45) is 0. The van der Waals surface area contributed by atoms with Crippen LogP contribution in [0.3, 0.4) is 0 Å². The molecule has 0 radical (unpaired) electrons. The molecular formula is C19H24N2O3. The third-order valence-electron chi connectivity index (χ3n) is 3.41. The van der Waals surface area contributed by atoms with Crippen molar-refractivity contribution >= 4 is 11.7 Å². The van der Waals surface area contributed by atoms with E-state index in [0.29, 0.717) is 26.3 Å². The summed E-state index contributed by atoms with van der Waals surface area (Å²) in [5, 5.41) is 2.87. The molecule has 2 rings (SSSR count). The van der Waals surface area contributed by atoms with Gasteiger partial charge in [0, 0.05) is 12.2 Å². The van der Waals surface area contributed by atoms with E-state index in [2.05, 4.69) is 5.32 Å². The van der Waals surface area contributed by atoms with Crippen LogP contribution in [0.2, 0.25) is 0 Å². The fraction of sp³-hybridized carbons (Fsp3) is 0.316. The summed E-state index contributed by atoms with van der Waals surface area (Å²) in [5.74, 6) is 1.57. The van der Waals surface area contributed by atoms with Crippen LogP contribution >= 0.6 is 0 Å². The van der Waals surface area contributed by atoms with E-state index in [1.54, 1.807) is 4.90 Å². The van der Waals surface area contributed by atoms with Gasteiger partial charge in [0.2, 0.25) is 0 Å². The number of nitrogens with zero attached hydrogens (tertiary/aromatic N) is 1. The van der Waals surface area contributed by atoms with Crippen LogP contribution in [-0.4, -0.2) is 32.3 Å².